The van der Waals surface area contributed by atoms with Crippen LogP contribution in [-0.2, 0) is 4.74 Å². The van der Waals surface area contributed by atoms with Crippen molar-refractivity contribution in [2.45, 2.75) is 45.8 Å². The van der Waals surface area contributed by atoms with E-state index in [2.05, 4.69) is 9.88 Å². The fourth-order valence-electron chi connectivity index (χ4n) is 2.85. The van der Waals surface area contributed by atoms with Crippen molar-refractivity contribution < 1.29 is 9.66 Å². The van der Waals surface area contributed by atoms with Crippen LogP contribution in [0.5, 0.6) is 0 Å². The monoisotopic (exact) mass is 279 g/mol. The number of aromatic nitrogens is 1. The van der Waals surface area contributed by atoms with E-state index in [1.54, 1.807) is 13.0 Å². The number of rotatable bonds is 2. The number of aryl methyl sites for hydroxylation is 1. The molecular weight excluding hydrogens is 258 g/mol. The molecule has 110 valence electrons. The summed E-state index contributed by atoms with van der Waals surface area (Å²) in [6.45, 7) is 11.3. The second-order valence-corrected chi connectivity index (χ2v) is 6.56. The lowest BCUT2D eigenvalue weighted by atomic mass is 9.99. The molecule has 0 spiro atoms. The van der Waals surface area contributed by atoms with E-state index in [0.717, 1.165) is 5.82 Å². The van der Waals surface area contributed by atoms with Crippen LogP contribution in [0.2, 0.25) is 0 Å². The smallest absolute Gasteiger partial charge is 0.290 e. The molecule has 2 heterocycles. The fourth-order valence-corrected chi connectivity index (χ4v) is 2.85. The molecule has 1 fully saturated rings. The Labute approximate surface area is 118 Å². The Kier molecular flexibility index (Phi) is 3.46. The van der Waals surface area contributed by atoms with Crippen LogP contribution in [0, 0.1) is 17.0 Å². The fraction of sp³-hybridized carbons (Fsp3) is 0.643. The minimum Gasteiger partial charge on any atom is -0.366 e. The molecule has 20 heavy (non-hydrogen) atoms. The topological polar surface area (TPSA) is 68.5 Å². The lowest BCUT2D eigenvalue weighted by Crippen LogP contribution is -2.57. The Morgan fingerprint density at radius 2 is 1.85 bits per heavy atom. The molecule has 0 saturated carbocycles. The van der Waals surface area contributed by atoms with Gasteiger partial charge in [-0.05, 0) is 40.7 Å². The molecule has 0 N–H and O–H groups in total. The van der Waals surface area contributed by atoms with Crippen LogP contribution >= 0.6 is 0 Å². The van der Waals surface area contributed by atoms with E-state index in [4.69, 9.17) is 4.74 Å². The van der Waals surface area contributed by atoms with E-state index in [1.807, 2.05) is 27.7 Å². The molecule has 0 aromatic carbocycles. The van der Waals surface area contributed by atoms with Gasteiger partial charge in [0.25, 0.3) is 5.69 Å². The molecule has 0 radical (unpaired) electrons. The van der Waals surface area contributed by atoms with Crippen LogP contribution in [0.3, 0.4) is 0 Å². The summed E-state index contributed by atoms with van der Waals surface area (Å²) in [5.41, 5.74) is 0.126. The molecule has 1 aliphatic heterocycles. The lowest BCUT2D eigenvalue weighted by Gasteiger charge is -2.47. The third kappa shape index (κ3) is 3.07. The number of nitrogens with zero attached hydrogens (tertiary/aromatic N) is 3. The zero-order valence-corrected chi connectivity index (χ0v) is 12.6. The quantitative estimate of drug-likeness (QED) is 0.615. The minimum absolute atomic E-state index is 0.0560. The summed E-state index contributed by atoms with van der Waals surface area (Å²) in [6.07, 6.45) is 1.33. The summed E-state index contributed by atoms with van der Waals surface area (Å²) in [6, 6.07) is 1.77. The van der Waals surface area contributed by atoms with Crippen molar-refractivity contribution in [2.24, 2.45) is 0 Å². The molecule has 6 nitrogen and oxygen atoms in total. The summed E-state index contributed by atoms with van der Waals surface area (Å²) in [5, 5.41) is 10.8. The minimum atomic E-state index is -0.403. The van der Waals surface area contributed by atoms with Gasteiger partial charge in [0, 0.05) is 18.7 Å². The zero-order valence-electron chi connectivity index (χ0n) is 12.6. The van der Waals surface area contributed by atoms with Crippen LogP contribution in [-0.4, -0.2) is 34.2 Å². The highest BCUT2D eigenvalue weighted by molar-refractivity contribution is 5.49. The normalized spacial score (nSPS) is 20.8. The van der Waals surface area contributed by atoms with Crippen molar-refractivity contribution in [3.8, 4) is 0 Å². The van der Waals surface area contributed by atoms with E-state index < -0.39 is 4.92 Å². The summed E-state index contributed by atoms with van der Waals surface area (Å²) in [5.74, 6) is 0.762. The molecule has 2 rings (SSSR count). The molecule has 0 atom stereocenters. The SMILES string of the molecule is Cc1cc(N2CC(C)(C)OC(C)(C)C2)ncc1[N+](=O)[O-]. The molecule has 1 saturated heterocycles. The number of nitro groups is 1. The van der Waals surface area contributed by atoms with Gasteiger partial charge in [0.1, 0.15) is 12.0 Å². The number of hydrogen-bond acceptors (Lipinski definition) is 5. The van der Waals surface area contributed by atoms with E-state index in [1.165, 1.54) is 6.20 Å². The first-order chi connectivity index (χ1) is 9.10. The highest BCUT2D eigenvalue weighted by atomic mass is 16.6. The van der Waals surface area contributed by atoms with Gasteiger partial charge in [-0.15, -0.1) is 0 Å². The van der Waals surface area contributed by atoms with Gasteiger partial charge < -0.3 is 9.64 Å². The Morgan fingerprint density at radius 3 is 2.30 bits per heavy atom. The van der Waals surface area contributed by atoms with Gasteiger partial charge in [0.15, 0.2) is 0 Å². The van der Waals surface area contributed by atoms with Crippen LogP contribution in [0.25, 0.3) is 0 Å². The lowest BCUT2D eigenvalue weighted by molar-refractivity contribution is -0.385. The second kappa shape index (κ2) is 4.70. The molecule has 0 aliphatic carbocycles. The van der Waals surface area contributed by atoms with E-state index in [-0.39, 0.29) is 16.9 Å². The number of morpholine rings is 1. The molecule has 0 bridgehead atoms. The predicted octanol–water partition coefficient (Wildman–Crippen LogP) is 2.69. The van der Waals surface area contributed by atoms with Crippen molar-refractivity contribution in [2.75, 3.05) is 18.0 Å². The maximum absolute atomic E-state index is 10.8. The zero-order chi connectivity index (χ0) is 15.1. The average molecular weight is 279 g/mol. The highest BCUT2D eigenvalue weighted by Crippen LogP contribution is 2.31. The third-order valence-corrected chi connectivity index (χ3v) is 3.29. The molecule has 0 amide bonds. The van der Waals surface area contributed by atoms with Crippen molar-refractivity contribution in [1.82, 2.24) is 4.98 Å². The van der Waals surface area contributed by atoms with E-state index in [0.29, 0.717) is 18.7 Å². The molecule has 1 aromatic heterocycles. The van der Waals surface area contributed by atoms with Crippen LogP contribution in [0.15, 0.2) is 12.3 Å². The Bertz CT molecular complexity index is 524. The van der Waals surface area contributed by atoms with Crippen LogP contribution < -0.4 is 4.90 Å². The van der Waals surface area contributed by atoms with Gasteiger partial charge in [-0.25, -0.2) is 4.98 Å². The van der Waals surface area contributed by atoms with Gasteiger partial charge in [0.05, 0.1) is 16.1 Å². The average Bonchev–Trinajstić information content (AvgIpc) is 2.23. The van der Waals surface area contributed by atoms with Crippen LogP contribution in [0.1, 0.15) is 33.3 Å². The predicted molar refractivity (Wildman–Crippen MR) is 77.1 cm³/mol. The largest absolute Gasteiger partial charge is 0.366 e. The first-order valence-electron chi connectivity index (χ1n) is 6.66. The number of ether oxygens (including phenoxy) is 1. The van der Waals surface area contributed by atoms with Gasteiger partial charge in [-0.1, -0.05) is 0 Å². The van der Waals surface area contributed by atoms with Crippen molar-refractivity contribution in [3.63, 3.8) is 0 Å². The Hall–Kier alpha value is -1.69. The second-order valence-electron chi connectivity index (χ2n) is 6.56. The number of anilines is 1. The molecule has 0 unspecified atom stereocenters. The number of hydrogen-bond donors (Lipinski definition) is 0. The first-order valence-corrected chi connectivity index (χ1v) is 6.66. The summed E-state index contributed by atoms with van der Waals surface area (Å²) >= 11 is 0. The van der Waals surface area contributed by atoms with Crippen molar-refractivity contribution in [1.29, 1.82) is 0 Å². The van der Waals surface area contributed by atoms with Crippen LogP contribution in [0.4, 0.5) is 11.5 Å². The highest BCUT2D eigenvalue weighted by Gasteiger charge is 2.38. The summed E-state index contributed by atoms with van der Waals surface area (Å²) in [7, 11) is 0. The molecule has 1 aliphatic rings. The van der Waals surface area contributed by atoms with Gasteiger partial charge in [-0.3, -0.25) is 10.1 Å². The maximum atomic E-state index is 10.8. The molecule has 6 heteroatoms. The Morgan fingerprint density at radius 1 is 1.30 bits per heavy atom. The van der Waals surface area contributed by atoms with Crippen molar-refractivity contribution >= 4 is 11.5 Å². The maximum Gasteiger partial charge on any atom is 0.290 e. The number of pyridine rings is 1. The standard InChI is InChI=1S/C14H21N3O3/c1-10-6-12(15-7-11(10)17(18)19)16-8-13(2,3)20-14(4,5)9-16/h6-7H,8-9H2,1-5H3. The van der Waals surface area contributed by atoms with Gasteiger partial charge in [0.2, 0.25) is 0 Å². The summed E-state index contributed by atoms with van der Waals surface area (Å²) in [4.78, 5) is 16.8. The van der Waals surface area contributed by atoms with Crippen molar-refractivity contribution in [3.05, 3.63) is 27.9 Å². The first kappa shape index (κ1) is 14.7. The third-order valence-electron chi connectivity index (χ3n) is 3.29. The van der Waals surface area contributed by atoms with E-state index in [9.17, 15) is 10.1 Å². The van der Waals surface area contributed by atoms with Gasteiger partial charge in [-0.2, -0.15) is 0 Å². The van der Waals surface area contributed by atoms with Gasteiger partial charge >= 0.3 is 0 Å². The summed E-state index contributed by atoms with van der Waals surface area (Å²) < 4.78 is 6.03. The molecular formula is C14H21N3O3. The molecule has 1 aromatic rings. The Balaban J connectivity index is 2.32. The van der Waals surface area contributed by atoms with E-state index >= 15 is 0 Å².